The van der Waals surface area contributed by atoms with Crippen molar-refractivity contribution in [3.63, 3.8) is 0 Å². The van der Waals surface area contributed by atoms with E-state index < -0.39 is 11.7 Å². The molecule has 0 radical (unpaired) electrons. The number of imidazole rings is 1. The Hall–Kier alpha value is -6.69. The van der Waals surface area contributed by atoms with Gasteiger partial charge in [-0.2, -0.15) is 5.10 Å². The number of hydrogen-bond acceptors (Lipinski definition) is 8. The smallest absolute Gasteiger partial charge is 0.254 e. The van der Waals surface area contributed by atoms with Crippen molar-refractivity contribution in [1.82, 2.24) is 34.6 Å². The van der Waals surface area contributed by atoms with Gasteiger partial charge in [0.1, 0.15) is 29.5 Å². The van der Waals surface area contributed by atoms with E-state index in [0.29, 0.717) is 53.3 Å². The van der Waals surface area contributed by atoms with Gasteiger partial charge in [-0.1, -0.05) is 36.4 Å². The van der Waals surface area contributed by atoms with E-state index in [1.165, 1.54) is 6.07 Å². The third-order valence-corrected chi connectivity index (χ3v) is 8.78. The summed E-state index contributed by atoms with van der Waals surface area (Å²) < 4.78 is 24.6. The lowest BCUT2D eigenvalue weighted by Gasteiger charge is -2.17. The number of aldehydes is 1. The first kappa shape index (κ1) is 30.6. The van der Waals surface area contributed by atoms with Crippen molar-refractivity contribution < 1.29 is 18.7 Å². The summed E-state index contributed by atoms with van der Waals surface area (Å²) in [6.07, 6.45) is 6.98. The van der Waals surface area contributed by atoms with Crippen LogP contribution in [-0.2, 0) is 13.0 Å². The fourth-order valence-corrected chi connectivity index (χ4v) is 6.34. The molecule has 246 valence electrons. The number of amides is 1. The number of carbonyl (C=O) groups excluding carboxylic acids is 2. The second-order valence-electron chi connectivity index (χ2n) is 11.9. The van der Waals surface area contributed by atoms with Gasteiger partial charge in [0.2, 0.25) is 0 Å². The molecule has 4 heterocycles. The maximum atomic E-state index is 15.3. The number of halogens is 1. The van der Waals surface area contributed by atoms with Gasteiger partial charge in [-0.25, -0.2) is 24.0 Å². The van der Waals surface area contributed by atoms with Crippen LogP contribution in [0.3, 0.4) is 0 Å². The first-order valence-electron chi connectivity index (χ1n) is 16.0. The van der Waals surface area contributed by atoms with E-state index in [9.17, 15) is 9.59 Å². The second-order valence-corrected chi connectivity index (χ2v) is 11.9. The Balaban J connectivity index is 1.09. The number of carbonyl (C=O) groups is 2. The standard InChI is InChI=1S/C38H29FN8O3/c39-30-20-33(50-22-23-6-2-1-3-7-23)25(21-48)19-29(30)38(49)44-31-12-9-24-18-26(10-11-27(24)31)47-36(28-8-4-15-41-35(28)40)43-32-13-14-34(45-37(32)47)46-17-5-16-42-46/h1-8,10-11,13-21,31H,9,12,22H2,(H2,40,41)(H,44,49)/t31-/m0/s1. The fourth-order valence-electron chi connectivity index (χ4n) is 6.34. The van der Waals surface area contributed by atoms with Crippen LogP contribution >= 0.6 is 0 Å². The van der Waals surface area contributed by atoms with Crippen LogP contribution in [0.2, 0.25) is 0 Å². The van der Waals surface area contributed by atoms with Crippen LogP contribution in [0.5, 0.6) is 5.75 Å². The molecule has 0 saturated carbocycles. The molecule has 0 unspecified atom stereocenters. The lowest BCUT2D eigenvalue weighted by Crippen LogP contribution is -2.28. The summed E-state index contributed by atoms with van der Waals surface area (Å²) in [6, 6.07) is 26.5. The molecule has 0 saturated heterocycles. The van der Waals surface area contributed by atoms with Gasteiger partial charge in [-0.05, 0) is 78.1 Å². The molecule has 1 atom stereocenters. The third-order valence-electron chi connectivity index (χ3n) is 8.78. The van der Waals surface area contributed by atoms with Crippen LogP contribution < -0.4 is 15.8 Å². The van der Waals surface area contributed by atoms with Crippen molar-refractivity contribution in [2.45, 2.75) is 25.5 Å². The summed E-state index contributed by atoms with van der Waals surface area (Å²) in [5.41, 5.74) is 11.7. The topological polar surface area (TPSA) is 143 Å². The molecule has 1 aliphatic carbocycles. The number of aryl methyl sites for hydroxylation is 1. The normalized spacial score (nSPS) is 13.7. The highest BCUT2D eigenvalue weighted by atomic mass is 19.1. The predicted octanol–water partition coefficient (Wildman–Crippen LogP) is 6.20. The van der Waals surface area contributed by atoms with E-state index in [-0.39, 0.29) is 29.5 Å². The van der Waals surface area contributed by atoms with E-state index in [1.54, 1.807) is 23.1 Å². The van der Waals surface area contributed by atoms with Crippen molar-refractivity contribution >= 4 is 29.2 Å². The lowest BCUT2D eigenvalue weighted by molar-refractivity contribution is 0.0932. The minimum absolute atomic E-state index is 0.0716. The summed E-state index contributed by atoms with van der Waals surface area (Å²) in [5.74, 6) is 0.215. The Morgan fingerprint density at radius 3 is 2.68 bits per heavy atom. The summed E-state index contributed by atoms with van der Waals surface area (Å²) in [7, 11) is 0. The monoisotopic (exact) mass is 664 g/mol. The zero-order chi connectivity index (χ0) is 34.2. The molecule has 3 N–H and O–H groups in total. The van der Waals surface area contributed by atoms with Crippen molar-refractivity contribution in [2.24, 2.45) is 0 Å². The van der Waals surface area contributed by atoms with Gasteiger partial charge in [-0.3, -0.25) is 14.2 Å². The number of aromatic nitrogens is 6. The molecular formula is C38H29FN8O3. The van der Waals surface area contributed by atoms with E-state index in [1.807, 2.05) is 83.6 Å². The van der Waals surface area contributed by atoms with Crippen molar-refractivity contribution in [3.05, 3.63) is 143 Å². The van der Waals surface area contributed by atoms with Crippen molar-refractivity contribution in [1.29, 1.82) is 0 Å². The molecule has 12 heteroatoms. The highest BCUT2D eigenvalue weighted by Gasteiger charge is 2.28. The predicted molar refractivity (Wildman–Crippen MR) is 185 cm³/mol. The molecule has 11 nitrogen and oxygen atoms in total. The van der Waals surface area contributed by atoms with Crippen molar-refractivity contribution in [2.75, 3.05) is 5.73 Å². The number of hydrogen-bond donors (Lipinski definition) is 2. The number of nitrogens with two attached hydrogens (primary N) is 1. The average molecular weight is 665 g/mol. The Kier molecular flexibility index (Phi) is 7.80. The van der Waals surface area contributed by atoms with Crippen LogP contribution in [0.25, 0.3) is 34.1 Å². The maximum absolute atomic E-state index is 15.3. The molecule has 4 aromatic heterocycles. The molecule has 0 fully saturated rings. The Morgan fingerprint density at radius 1 is 1.00 bits per heavy atom. The number of nitrogen functional groups attached to an aromatic ring is 1. The molecule has 1 amide bonds. The van der Waals surface area contributed by atoms with Crippen LogP contribution in [0.4, 0.5) is 10.2 Å². The summed E-state index contributed by atoms with van der Waals surface area (Å²) >= 11 is 0. The second kappa shape index (κ2) is 12.7. The SMILES string of the molecule is Nc1ncccc1-c1nc2ccc(-n3cccn3)nc2n1-c1ccc2c(c1)CC[C@@H]2NC(=O)c1cc(C=O)c(OCc2ccccc2)cc1F. The number of pyridine rings is 2. The van der Waals surface area contributed by atoms with Gasteiger partial charge < -0.3 is 15.8 Å². The lowest BCUT2D eigenvalue weighted by atomic mass is 10.1. The minimum atomic E-state index is -0.777. The van der Waals surface area contributed by atoms with Gasteiger partial charge >= 0.3 is 0 Å². The number of nitrogens with zero attached hydrogens (tertiary/aromatic N) is 6. The van der Waals surface area contributed by atoms with Gasteiger partial charge in [0.25, 0.3) is 5.91 Å². The van der Waals surface area contributed by atoms with Gasteiger partial charge in [0.15, 0.2) is 23.6 Å². The third kappa shape index (κ3) is 5.62. The Labute approximate surface area is 285 Å². The molecule has 3 aromatic carbocycles. The molecule has 8 rings (SSSR count). The number of anilines is 1. The van der Waals surface area contributed by atoms with Crippen molar-refractivity contribution in [3.8, 4) is 28.6 Å². The molecule has 0 spiro atoms. The average Bonchev–Trinajstić information content (AvgIpc) is 3.90. The van der Waals surface area contributed by atoms with E-state index >= 15 is 4.39 Å². The molecule has 0 aliphatic heterocycles. The Morgan fingerprint density at radius 2 is 1.88 bits per heavy atom. The molecular weight excluding hydrogens is 635 g/mol. The van der Waals surface area contributed by atoms with Gasteiger partial charge in [0.05, 0.1) is 22.7 Å². The largest absolute Gasteiger partial charge is 0.488 e. The van der Waals surface area contributed by atoms with Crippen LogP contribution in [-0.4, -0.2) is 41.5 Å². The Bertz CT molecular complexity index is 2390. The zero-order valence-corrected chi connectivity index (χ0v) is 26.5. The highest BCUT2D eigenvalue weighted by molar-refractivity contribution is 5.97. The first-order chi connectivity index (χ1) is 24.5. The van der Waals surface area contributed by atoms with E-state index in [4.69, 9.17) is 20.4 Å². The zero-order valence-electron chi connectivity index (χ0n) is 26.5. The molecule has 7 aromatic rings. The number of ether oxygens (including phenoxy) is 1. The van der Waals surface area contributed by atoms with Gasteiger partial charge in [-0.15, -0.1) is 0 Å². The highest BCUT2D eigenvalue weighted by Crippen LogP contribution is 2.36. The van der Waals surface area contributed by atoms with E-state index in [0.717, 1.165) is 28.4 Å². The fraction of sp³-hybridized carbons (Fsp3) is 0.105. The number of fused-ring (bicyclic) bond motifs is 2. The van der Waals surface area contributed by atoms with Crippen LogP contribution in [0, 0.1) is 5.82 Å². The quantitative estimate of drug-likeness (QED) is 0.174. The first-order valence-corrected chi connectivity index (χ1v) is 16.0. The van der Waals surface area contributed by atoms with Gasteiger partial charge in [0, 0.05) is 30.3 Å². The van der Waals surface area contributed by atoms with E-state index in [2.05, 4.69) is 15.4 Å². The molecule has 50 heavy (non-hydrogen) atoms. The summed E-state index contributed by atoms with van der Waals surface area (Å²) in [6.45, 7) is 0.154. The number of rotatable bonds is 9. The van der Waals surface area contributed by atoms with Crippen LogP contribution in [0.1, 0.15) is 49.9 Å². The molecule has 0 bridgehead atoms. The molecule has 1 aliphatic rings. The summed E-state index contributed by atoms with van der Waals surface area (Å²) in [5, 5.41) is 7.30. The summed E-state index contributed by atoms with van der Waals surface area (Å²) in [4.78, 5) is 39.4. The number of nitrogens with one attached hydrogen (secondary N) is 1. The number of benzene rings is 3. The maximum Gasteiger partial charge on any atom is 0.254 e. The minimum Gasteiger partial charge on any atom is -0.488 e. The van der Waals surface area contributed by atoms with Crippen LogP contribution in [0.15, 0.2) is 110 Å².